The number of piperidine rings is 1. The predicted octanol–water partition coefficient (Wildman–Crippen LogP) is 2.87. The van der Waals surface area contributed by atoms with Crippen molar-refractivity contribution in [3.63, 3.8) is 0 Å². The fraction of sp³-hybridized carbons (Fsp3) is 0.429. The highest BCUT2D eigenvalue weighted by Crippen LogP contribution is 2.32. The van der Waals surface area contributed by atoms with Gasteiger partial charge in [0.2, 0.25) is 11.8 Å². The number of nitrogens with one attached hydrogen (secondary N) is 1. The van der Waals surface area contributed by atoms with Crippen LogP contribution in [0, 0.1) is 5.92 Å². The van der Waals surface area contributed by atoms with Crippen molar-refractivity contribution in [3.8, 4) is 5.75 Å². The third-order valence-electron chi connectivity index (χ3n) is 5.46. The average Bonchev–Trinajstić information content (AvgIpc) is 3.51. The van der Waals surface area contributed by atoms with Crippen molar-refractivity contribution >= 4 is 22.6 Å². The second-order valence-electron chi connectivity index (χ2n) is 7.20. The Morgan fingerprint density at radius 1 is 1.19 bits per heavy atom. The van der Waals surface area contributed by atoms with Crippen LogP contribution in [0.1, 0.15) is 31.2 Å². The summed E-state index contributed by atoms with van der Waals surface area (Å²) >= 11 is 0. The highest BCUT2D eigenvalue weighted by Gasteiger charge is 2.38. The van der Waals surface area contributed by atoms with Gasteiger partial charge in [0, 0.05) is 31.1 Å². The van der Waals surface area contributed by atoms with Gasteiger partial charge in [-0.25, -0.2) is 0 Å². The van der Waals surface area contributed by atoms with Crippen molar-refractivity contribution in [1.29, 1.82) is 0 Å². The third kappa shape index (κ3) is 3.26. The highest BCUT2D eigenvalue weighted by atomic mass is 16.5. The Labute approximate surface area is 153 Å². The molecule has 0 aromatic heterocycles. The number of rotatable bonds is 5. The van der Waals surface area contributed by atoms with E-state index in [-0.39, 0.29) is 17.7 Å². The first kappa shape index (κ1) is 16.9. The number of hydrogen-bond acceptors (Lipinski definition) is 3. The Balaban J connectivity index is 1.47. The number of amides is 2. The Morgan fingerprint density at radius 3 is 2.77 bits per heavy atom. The molecule has 2 aromatic rings. The normalized spacial score (nSPS) is 20.3. The van der Waals surface area contributed by atoms with Crippen LogP contribution in [0.2, 0.25) is 0 Å². The molecule has 4 rings (SSSR count). The molecule has 26 heavy (non-hydrogen) atoms. The first-order valence-electron chi connectivity index (χ1n) is 9.29. The van der Waals surface area contributed by atoms with Crippen molar-refractivity contribution in [2.45, 2.75) is 38.3 Å². The zero-order valence-electron chi connectivity index (χ0n) is 15.0. The topological polar surface area (TPSA) is 58.6 Å². The van der Waals surface area contributed by atoms with Crippen molar-refractivity contribution in [1.82, 2.24) is 10.2 Å². The second kappa shape index (κ2) is 6.98. The third-order valence-corrected chi connectivity index (χ3v) is 5.46. The minimum absolute atomic E-state index is 0.0261. The number of methoxy groups -OCH3 is 1. The van der Waals surface area contributed by atoms with Gasteiger partial charge in [0.1, 0.15) is 5.75 Å². The highest BCUT2D eigenvalue weighted by molar-refractivity contribution is 5.89. The molecule has 0 spiro atoms. The van der Waals surface area contributed by atoms with Crippen LogP contribution in [-0.2, 0) is 16.1 Å². The van der Waals surface area contributed by atoms with Crippen molar-refractivity contribution in [2.75, 3.05) is 13.7 Å². The summed E-state index contributed by atoms with van der Waals surface area (Å²) in [5, 5.41) is 5.29. The number of carbonyl (C=O) groups is 2. The molecule has 1 aliphatic heterocycles. The van der Waals surface area contributed by atoms with E-state index >= 15 is 0 Å². The molecule has 0 radical (unpaired) electrons. The van der Waals surface area contributed by atoms with Gasteiger partial charge in [0.25, 0.3) is 0 Å². The molecule has 2 aromatic carbocycles. The largest absolute Gasteiger partial charge is 0.496 e. The molecule has 0 unspecified atom stereocenters. The van der Waals surface area contributed by atoms with Crippen LogP contribution in [0.5, 0.6) is 5.75 Å². The number of benzene rings is 2. The minimum Gasteiger partial charge on any atom is -0.496 e. The number of nitrogens with zero attached hydrogens (tertiary/aromatic N) is 1. The van der Waals surface area contributed by atoms with E-state index in [0.717, 1.165) is 34.9 Å². The predicted molar refractivity (Wildman–Crippen MR) is 99.8 cm³/mol. The van der Waals surface area contributed by atoms with Crippen molar-refractivity contribution < 1.29 is 14.3 Å². The van der Waals surface area contributed by atoms with Gasteiger partial charge in [-0.1, -0.05) is 30.3 Å². The summed E-state index contributed by atoms with van der Waals surface area (Å²) in [6.07, 6.45) is 3.27. The number of carbonyl (C=O) groups excluding carboxylic acids is 2. The lowest BCUT2D eigenvalue weighted by atomic mass is 9.96. The van der Waals surface area contributed by atoms with Crippen molar-refractivity contribution in [3.05, 3.63) is 42.0 Å². The van der Waals surface area contributed by atoms with Crippen LogP contribution in [0.3, 0.4) is 0 Å². The van der Waals surface area contributed by atoms with E-state index in [4.69, 9.17) is 4.74 Å². The van der Waals surface area contributed by atoms with E-state index in [2.05, 4.69) is 11.4 Å². The Bertz CT molecular complexity index is 844. The van der Waals surface area contributed by atoms with Gasteiger partial charge >= 0.3 is 0 Å². The van der Waals surface area contributed by atoms with E-state index < -0.39 is 0 Å². The molecular weight excluding hydrogens is 328 g/mol. The lowest BCUT2D eigenvalue weighted by Gasteiger charge is -2.32. The van der Waals surface area contributed by atoms with E-state index in [1.54, 1.807) is 7.11 Å². The molecule has 1 heterocycles. The maximum Gasteiger partial charge on any atom is 0.225 e. The van der Waals surface area contributed by atoms with Gasteiger partial charge in [-0.05, 0) is 36.1 Å². The SMILES string of the molecule is COc1ccc2ccccc2c1CNC(=O)[C@H]1CCC(=O)N(C2CC2)C1. The number of hydrogen-bond donors (Lipinski definition) is 1. The zero-order chi connectivity index (χ0) is 18.1. The van der Waals surface area contributed by atoms with Gasteiger partial charge in [-0.3, -0.25) is 9.59 Å². The Kier molecular flexibility index (Phi) is 4.53. The molecule has 1 atom stereocenters. The summed E-state index contributed by atoms with van der Waals surface area (Å²) in [4.78, 5) is 26.7. The quantitative estimate of drug-likeness (QED) is 0.900. The lowest BCUT2D eigenvalue weighted by molar-refractivity contribution is -0.138. The molecule has 2 fully saturated rings. The molecule has 5 heteroatoms. The standard InChI is InChI=1S/C21H24N2O3/c1-26-19-10-6-14-4-2-3-5-17(14)18(19)12-22-21(25)15-7-11-20(24)23(13-15)16-8-9-16/h2-6,10,15-16H,7-9,11-13H2,1H3,(H,22,25)/t15-/m0/s1. The van der Waals surface area contributed by atoms with E-state index in [1.165, 1.54) is 0 Å². The van der Waals surface area contributed by atoms with Gasteiger partial charge in [0.15, 0.2) is 0 Å². The average molecular weight is 352 g/mol. The first-order valence-corrected chi connectivity index (χ1v) is 9.29. The maximum absolute atomic E-state index is 12.7. The van der Waals surface area contributed by atoms with Crippen molar-refractivity contribution in [2.24, 2.45) is 5.92 Å². The van der Waals surface area contributed by atoms with Gasteiger partial charge in [-0.2, -0.15) is 0 Å². The van der Waals surface area contributed by atoms with Gasteiger partial charge in [0.05, 0.1) is 13.0 Å². The Hall–Kier alpha value is -2.56. The molecule has 2 aliphatic rings. The van der Waals surface area contributed by atoms with Crippen LogP contribution in [-0.4, -0.2) is 36.4 Å². The summed E-state index contributed by atoms with van der Waals surface area (Å²) in [5.41, 5.74) is 0.991. The Morgan fingerprint density at radius 2 is 2.00 bits per heavy atom. The second-order valence-corrected chi connectivity index (χ2v) is 7.20. The summed E-state index contributed by atoms with van der Waals surface area (Å²) in [5.74, 6) is 0.891. The number of likely N-dealkylation sites (tertiary alicyclic amines) is 1. The fourth-order valence-corrected chi connectivity index (χ4v) is 3.83. The minimum atomic E-state index is -0.116. The molecule has 5 nitrogen and oxygen atoms in total. The number of fused-ring (bicyclic) bond motifs is 1. The molecule has 1 saturated carbocycles. The maximum atomic E-state index is 12.7. The summed E-state index contributed by atoms with van der Waals surface area (Å²) in [6.45, 7) is 0.985. The molecule has 1 N–H and O–H groups in total. The summed E-state index contributed by atoms with van der Waals surface area (Å²) in [7, 11) is 1.65. The van der Waals surface area contributed by atoms with E-state index in [0.29, 0.717) is 32.0 Å². The number of ether oxygens (including phenoxy) is 1. The summed E-state index contributed by atoms with van der Waals surface area (Å²) in [6, 6.07) is 12.4. The van der Waals surface area contributed by atoms with E-state index in [9.17, 15) is 9.59 Å². The van der Waals surface area contributed by atoms with Crippen LogP contribution in [0.25, 0.3) is 10.8 Å². The fourth-order valence-electron chi connectivity index (χ4n) is 3.83. The summed E-state index contributed by atoms with van der Waals surface area (Å²) < 4.78 is 5.50. The lowest BCUT2D eigenvalue weighted by Crippen LogP contribution is -2.46. The van der Waals surface area contributed by atoms with Crippen LogP contribution >= 0.6 is 0 Å². The molecule has 1 aliphatic carbocycles. The first-order chi connectivity index (χ1) is 12.7. The van der Waals surface area contributed by atoms with Gasteiger partial charge < -0.3 is 15.0 Å². The van der Waals surface area contributed by atoms with Crippen LogP contribution in [0.4, 0.5) is 0 Å². The van der Waals surface area contributed by atoms with Gasteiger partial charge in [-0.15, -0.1) is 0 Å². The molecule has 1 saturated heterocycles. The molecular formula is C21H24N2O3. The zero-order valence-corrected chi connectivity index (χ0v) is 15.0. The van der Waals surface area contributed by atoms with Crippen LogP contribution < -0.4 is 10.1 Å². The molecule has 136 valence electrons. The van der Waals surface area contributed by atoms with Crippen LogP contribution in [0.15, 0.2) is 36.4 Å². The molecule has 0 bridgehead atoms. The smallest absolute Gasteiger partial charge is 0.225 e. The van der Waals surface area contributed by atoms with E-state index in [1.807, 2.05) is 35.2 Å². The molecule has 2 amide bonds. The monoisotopic (exact) mass is 352 g/mol.